The summed E-state index contributed by atoms with van der Waals surface area (Å²) in [6.07, 6.45) is 4.22. The molecule has 0 atom stereocenters. The van der Waals surface area contributed by atoms with Gasteiger partial charge in [-0.3, -0.25) is 4.90 Å². The van der Waals surface area contributed by atoms with Crippen molar-refractivity contribution in [2.75, 3.05) is 24.7 Å². The molecule has 0 saturated heterocycles. The first-order valence-corrected chi connectivity index (χ1v) is 11.0. The van der Waals surface area contributed by atoms with E-state index in [0.717, 1.165) is 21.4 Å². The molecule has 4 rings (SSSR count). The highest BCUT2D eigenvalue weighted by molar-refractivity contribution is 7.98. The number of aromatic nitrogens is 1. The van der Waals surface area contributed by atoms with Gasteiger partial charge in [0.25, 0.3) is 0 Å². The Kier molecular flexibility index (Phi) is 5.81. The maximum absolute atomic E-state index is 12.9. The molecule has 2 N–H and O–H groups in total. The van der Waals surface area contributed by atoms with Crippen LogP contribution in [0, 0.1) is 0 Å². The molecule has 0 fully saturated rings. The zero-order valence-electron chi connectivity index (χ0n) is 16.9. The highest BCUT2D eigenvalue weighted by atomic mass is 32.2. The molecule has 1 aliphatic heterocycles. The van der Waals surface area contributed by atoms with Gasteiger partial charge < -0.3 is 15.0 Å². The lowest BCUT2D eigenvalue weighted by Crippen LogP contribution is -2.32. The molecule has 154 valence electrons. The number of carbonyl (C=O) groups excluding carboxylic acids is 2. The maximum Gasteiger partial charge on any atom is 0.341 e. The Bertz CT molecular complexity index is 1120. The Morgan fingerprint density at radius 3 is 2.67 bits per heavy atom. The normalized spacial score (nSPS) is 13.4. The van der Waals surface area contributed by atoms with E-state index in [-0.39, 0.29) is 12.6 Å². The van der Waals surface area contributed by atoms with Gasteiger partial charge >= 0.3 is 12.0 Å². The first-order valence-electron chi connectivity index (χ1n) is 9.81. The smallest absolute Gasteiger partial charge is 0.341 e. The minimum absolute atomic E-state index is 0.264. The number of carbonyl (C=O) groups is 2. The van der Waals surface area contributed by atoms with Crippen LogP contribution in [0.3, 0.4) is 0 Å². The topological polar surface area (TPSA) is 74.4 Å². The van der Waals surface area contributed by atoms with Crippen molar-refractivity contribution in [3.8, 4) is 0 Å². The third-order valence-electron chi connectivity index (χ3n) is 5.07. The summed E-state index contributed by atoms with van der Waals surface area (Å²) in [5.41, 5.74) is 3.76. The monoisotopic (exact) mass is 421 g/mol. The number of esters is 1. The largest absolute Gasteiger partial charge is 0.462 e. The molecule has 0 aliphatic carbocycles. The molecule has 0 saturated carbocycles. The molecule has 0 bridgehead atoms. The Morgan fingerprint density at radius 1 is 1.17 bits per heavy atom. The van der Waals surface area contributed by atoms with Gasteiger partial charge in [-0.25, -0.2) is 9.59 Å². The van der Waals surface area contributed by atoms with Crippen molar-refractivity contribution in [1.29, 1.82) is 0 Å². The molecular weight excluding hydrogens is 398 g/mol. The number of benzene rings is 2. The number of hydrogen-bond donors (Lipinski definition) is 2. The van der Waals surface area contributed by atoms with Crippen LogP contribution < -0.4 is 5.32 Å². The number of H-pyrrole nitrogens is 1. The van der Waals surface area contributed by atoms with Crippen LogP contribution >= 0.6 is 11.8 Å². The molecule has 0 radical (unpaired) electrons. The van der Waals surface area contributed by atoms with E-state index in [1.807, 2.05) is 54.8 Å². The summed E-state index contributed by atoms with van der Waals surface area (Å²) < 4.78 is 5.27. The first-order chi connectivity index (χ1) is 14.6. The standard InChI is InChI=1S/C23H23N3O3S/c1-3-29-22(27)19-14-26(23(28)24-15-8-10-16(30-2)11-9-15)13-12-18-17-6-4-5-7-20(17)25-21(18)19/h4-11,14,25H,3,12-13H2,1-2H3,(H,24,28). The van der Waals surface area contributed by atoms with Crippen LogP contribution in [0.25, 0.3) is 16.5 Å². The van der Waals surface area contributed by atoms with Gasteiger partial charge in [0.1, 0.15) is 0 Å². The second-order valence-corrected chi connectivity index (χ2v) is 7.77. The van der Waals surface area contributed by atoms with Crippen LogP contribution in [-0.2, 0) is 16.0 Å². The fourth-order valence-electron chi connectivity index (χ4n) is 3.60. The molecule has 2 amide bonds. The van der Waals surface area contributed by atoms with E-state index in [4.69, 9.17) is 4.74 Å². The van der Waals surface area contributed by atoms with E-state index in [2.05, 4.69) is 10.3 Å². The molecule has 1 aliphatic rings. The second kappa shape index (κ2) is 8.67. The number of para-hydroxylation sites is 1. The lowest BCUT2D eigenvalue weighted by Gasteiger charge is -2.18. The van der Waals surface area contributed by atoms with Crippen LogP contribution in [0.2, 0.25) is 0 Å². The van der Waals surface area contributed by atoms with Gasteiger partial charge in [-0.2, -0.15) is 0 Å². The molecule has 2 heterocycles. The number of nitrogens with zero attached hydrogens (tertiary/aromatic N) is 1. The van der Waals surface area contributed by atoms with E-state index in [9.17, 15) is 9.59 Å². The van der Waals surface area contributed by atoms with E-state index in [1.54, 1.807) is 24.9 Å². The van der Waals surface area contributed by atoms with Crippen LogP contribution in [0.15, 0.2) is 59.6 Å². The maximum atomic E-state index is 12.9. The summed E-state index contributed by atoms with van der Waals surface area (Å²) >= 11 is 1.64. The van der Waals surface area contributed by atoms with Gasteiger partial charge in [0.15, 0.2) is 0 Å². The van der Waals surface area contributed by atoms with Crippen molar-refractivity contribution < 1.29 is 14.3 Å². The molecule has 1 aromatic heterocycles. The molecule has 2 aromatic carbocycles. The summed E-state index contributed by atoms with van der Waals surface area (Å²) in [5.74, 6) is -0.450. The highest BCUT2D eigenvalue weighted by Gasteiger charge is 2.27. The number of urea groups is 1. The average molecular weight is 422 g/mol. The SMILES string of the molecule is CCOC(=O)C1=CN(C(=O)Nc2ccc(SC)cc2)CCc2c1[nH]c1ccccc21. The Balaban J connectivity index is 1.66. The summed E-state index contributed by atoms with van der Waals surface area (Å²) in [5, 5.41) is 3.96. The quantitative estimate of drug-likeness (QED) is 0.465. The van der Waals surface area contributed by atoms with Crippen LogP contribution in [0.4, 0.5) is 10.5 Å². The first kappa shape index (κ1) is 20.1. The summed E-state index contributed by atoms with van der Waals surface area (Å²) in [6.45, 7) is 2.48. The molecule has 0 unspecified atom stereocenters. The predicted molar refractivity (Wildman–Crippen MR) is 121 cm³/mol. The fraction of sp³-hybridized carbons (Fsp3) is 0.217. The predicted octanol–water partition coefficient (Wildman–Crippen LogP) is 4.88. The number of anilines is 1. The van der Waals surface area contributed by atoms with Crippen molar-refractivity contribution in [1.82, 2.24) is 9.88 Å². The molecule has 3 aromatic rings. The Labute approximate surface area is 179 Å². The number of ether oxygens (including phenoxy) is 1. The lowest BCUT2D eigenvalue weighted by molar-refractivity contribution is -0.136. The van der Waals surface area contributed by atoms with Crippen LogP contribution in [0.5, 0.6) is 0 Å². The lowest BCUT2D eigenvalue weighted by atomic mass is 10.0. The molecule has 7 heteroatoms. The van der Waals surface area contributed by atoms with Gasteiger partial charge in [-0.15, -0.1) is 11.8 Å². The van der Waals surface area contributed by atoms with Crippen molar-refractivity contribution >= 4 is 45.9 Å². The van der Waals surface area contributed by atoms with Crippen molar-refractivity contribution in [2.24, 2.45) is 0 Å². The van der Waals surface area contributed by atoms with Gasteiger partial charge in [-0.1, -0.05) is 18.2 Å². The number of hydrogen-bond acceptors (Lipinski definition) is 4. The minimum Gasteiger partial charge on any atom is -0.462 e. The van der Waals surface area contributed by atoms with Gasteiger partial charge in [0.05, 0.1) is 17.9 Å². The van der Waals surface area contributed by atoms with Gasteiger partial charge in [0.2, 0.25) is 0 Å². The van der Waals surface area contributed by atoms with Gasteiger partial charge in [0, 0.05) is 34.2 Å². The van der Waals surface area contributed by atoms with E-state index >= 15 is 0 Å². The molecule has 6 nitrogen and oxygen atoms in total. The molecule has 30 heavy (non-hydrogen) atoms. The zero-order valence-corrected chi connectivity index (χ0v) is 17.7. The van der Waals surface area contributed by atoms with Gasteiger partial charge in [-0.05, 0) is 55.5 Å². The molecule has 0 spiro atoms. The van der Waals surface area contributed by atoms with Crippen LogP contribution in [0.1, 0.15) is 18.2 Å². The highest BCUT2D eigenvalue weighted by Crippen LogP contribution is 2.31. The number of thioether (sulfide) groups is 1. The molecular formula is C23H23N3O3S. The fourth-order valence-corrected chi connectivity index (χ4v) is 4.01. The third kappa shape index (κ3) is 3.93. The third-order valence-corrected chi connectivity index (χ3v) is 5.81. The summed E-state index contributed by atoms with van der Waals surface area (Å²) in [6, 6.07) is 15.3. The average Bonchev–Trinajstić information content (AvgIpc) is 3.01. The Morgan fingerprint density at radius 2 is 1.93 bits per heavy atom. The minimum atomic E-state index is -0.450. The summed E-state index contributed by atoms with van der Waals surface area (Å²) in [4.78, 5) is 31.7. The van der Waals surface area contributed by atoms with E-state index < -0.39 is 5.97 Å². The number of rotatable bonds is 4. The van der Waals surface area contributed by atoms with Crippen molar-refractivity contribution in [2.45, 2.75) is 18.2 Å². The number of aromatic amines is 1. The van der Waals surface area contributed by atoms with Crippen molar-refractivity contribution in [3.05, 3.63) is 66.0 Å². The number of nitrogens with one attached hydrogen (secondary N) is 2. The zero-order chi connectivity index (χ0) is 21.1. The number of amides is 2. The van der Waals surface area contributed by atoms with Crippen molar-refractivity contribution in [3.63, 3.8) is 0 Å². The van der Waals surface area contributed by atoms with Crippen LogP contribution in [-0.4, -0.2) is 41.3 Å². The second-order valence-electron chi connectivity index (χ2n) is 6.89. The summed E-state index contributed by atoms with van der Waals surface area (Å²) in [7, 11) is 0. The van der Waals surface area contributed by atoms with E-state index in [0.29, 0.717) is 29.9 Å². The van der Waals surface area contributed by atoms with E-state index in [1.165, 1.54) is 4.90 Å². The Hall–Kier alpha value is -3.19. The number of fused-ring (bicyclic) bond motifs is 3.